The minimum absolute atomic E-state index is 0.0595. The molecule has 1 aromatic heterocycles. The Balaban J connectivity index is 2.22. The SMILES string of the molecule is Cc1nc(S(=O)(=O)NC2(CN)CCN(C)CC2)cn1C. The lowest BCUT2D eigenvalue weighted by Crippen LogP contribution is -2.58. The summed E-state index contributed by atoms with van der Waals surface area (Å²) in [5.41, 5.74) is 5.27. The molecule has 3 N–H and O–H groups in total. The van der Waals surface area contributed by atoms with Crippen LogP contribution in [0.4, 0.5) is 0 Å². The number of nitrogens with two attached hydrogens (primary N) is 1. The summed E-state index contributed by atoms with van der Waals surface area (Å²) in [7, 11) is 0.168. The van der Waals surface area contributed by atoms with Crippen LogP contribution in [0.1, 0.15) is 18.7 Å². The molecule has 8 heteroatoms. The van der Waals surface area contributed by atoms with Crippen LogP contribution in [0.2, 0.25) is 0 Å². The molecule has 2 rings (SSSR count). The van der Waals surface area contributed by atoms with Crippen molar-refractivity contribution in [3.05, 3.63) is 12.0 Å². The Bertz CT molecular complexity index is 553. The molecule has 0 saturated carbocycles. The van der Waals surface area contributed by atoms with E-state index in [1.807, 2.05) is 7.05 Å². The fourth-order valence-electron chi connectivity index (χ4n) is 2.39. The third-order valence-corrected chi connectivity index (χ3v) is 5.50. The molecule has 0 bridgehead atoms. The van der Waals surface area contributed by atoms with Crippen molar-refractivity contribution >= 4 is 10.0 Å². The van der Waals surface area contributed by atoms with Crippen LogP contribution in [-0.2, 0) is 17.1 Å². The van der Waals surface area contributed by atoms with Crippen LogP contribution in [0.15, 0.2) is 11.2 Å². The summed E-state index contributed by atoms with van der Waals surface area (Å²) < 4.78 is 29.4. The van der Waals surface area contributed by atoms with Crippen LogP contribution in [-0.4, -0.2) is 55.1 Å². The average molecular weight is 301 g/mol. The zero-order valence-corrected chi connectivity index (χ0v) is 13.1. The van der Waals surface area contributed by atoms with Gasteiger partial charge in [-0.15, -0.1) is 0 Å². The maximum atomic E-state index is 12.5. The zero-order chi connectivity index (χ0) is 15.0. The number of sulfonamides is 1. The molecule has 2 heterocycles. The zero-order valence-electron chi connectivity index (χ0n) is 12.3. The van der Waals surface area contributed by atoms with E-state index in [4.69, 9.17) is 5.73 Å². The normalized spacial score (nSPS) is 20.2. The molecule has 0 aliphatic carbocycles. The maximum absolute atomic E-state index is 12.5. The van der Waals surface area contributed by atoms with Crippen LogP contribution < -0.4 is 10.5 Å². The maximum Gasteiger partial charge on any atom is 0.260 e. The number of piperidine rings is 1. The molecule has 114 valence electrons. The fraction of sp³-hybridized carbons (Fsp3) is 0.750. The molecule has 20 heavy (non-hydrogen) atoms. The quantitative estimate of drug-likeness (QED) is 0.777. The summed E-state index contributed by atoms with van der Waals surface area (Å²) in [4.78, 5) is 6.26. The summed E-state index contributed by atoms with van der Waals surface area (Å²) in [6, 6.07) is 0. The first kappa shape index (κ1) is 15.4. The molecule has 1 aliphatic heterocycles. The molecule has 1 aliphatic rings. The average Bonchev–Trinajstić information content (AvgIpc) is 2.74. The van der Waals surface area contributed by atoms with Gasteiger partial charge in [-0.2, -0.15) is 0 Å². The molecule has 0 atom stereocenters. The van der Waals surface area contributed by atoms with Crippen molar-refractivity contribution in [1.82, 2.24) is 19.2 Å². The van der Waals surface area contributed by atoms with Crippen LogP contribution in [0.5, 0.6) is 0 Å². The van der Waals surface area contributed by atoms with Crippen molar-refractivity contribution in [2.45, 2.75) is 30.3 Å². The fourth-order valence-corrected chi connectivity index (χ4v) is 3.90. The van der Waals surface area contributed by atoms with Crippen molar-refractivity contribution in [1.29, 1.82) is 0 Å². The largest absolute Gasteiger partial charge is 0.337 e. The molecule has 7 nitrogen and oxygen atoms in total. The van der Waals surface area contributed by atoms with Crippen LogP contribution in [0, 0.1) is 6.92 Å². The van der Waals surface area contributed by atoms with E-state index in [0.29, 0.717) is 25.2 Å². The minimum atomic E-state index is -3.63. The Morgan fingerprint density at radius 3 is 2.45 bits per heavy atom. The van der Waals surface area contributed by atoms with Gasteiger partial charge in [0.1, 0.15) is 5.82 Å². The predicted molar refractivity (Wildman–Crippen MR) is 76.8 cm³/mol. The van der Waals surface area contributed by atoms with E-state index >= 15 is 0 Å². The van der Waals surface area contributed by atoms with Gasteiger partial charge in [-0.1, -0.05) is 0 Å². The Morgan fingerprint density at radius 1 is 1.40 bits per heavy atom. The first-order chi connectivity index (χ1) is 9.28. The van der Waals surface area contributed by atoms with Gasteiger partial charge in [0, 0.05) is 25.3 Å². The van der Waals surface area contributed by atoms with Gasteiger partial charge in [-0.05, 0) is 39.9 Å². The standard InChI is InChI=1S/C12H23N5O2S/c1-10-14-11(8-17(10)3)20(18,19)15-12(9-13)4-6-16(2)7-5-12/h8,15H,4-7,9,13H2,1-3H3. The molecule has 1 fully saturated rings. The number of nitrogens with one attached hydrogen (secondary N) is 1. The lowest BCUT2D eigenvalue weighted by Gasteiger charge is -2.39. The second-order valence-corrected chi connectivity index (χ2v) is 7.26. The number of likely N-dealkylation sites (tertiary alicyclic amines) is 1. The molecule has 1 saturated heterocycles. The second kappa shape index (κ2) is 5.44. The number of nitrogens with zero attached hydrogens (tertiary/aromatic N) is 3. The van der Waals surface area contributed by atoms with Crippen molar-refractivity contribution in [3.63, 3.8) is 0 Å². The number of rotatable bonds is 4. The summed E-state index contributed by atoms with van der Waals surface area (Å²) >= 11 is 0. The highest BCUT2D eigenvalue weighted by molar-refractivity contribution is 7.89. The Labute approximate surface area is 120 Å². The van der Waals surface area contributed by atoms with Crippen LogP contribution >= 0.6 is 0 Å². The first-order valence-corrected chi connectivity index (χ1v) is 8.19. The van der Waals surface area contributed by atoms with E-state index in [-0.39, 0.29) is 5.03 Å². The highest BCUT2D eigenvalue weighted by Crippen LogP contribution is 2.23. The number of hydrogen-bond acceptors (Lipinski definition) is 5. The number of hydrogen-bond donors (Lipinski definition) is 2. The molecule has 0 spiro atoms. The summed E-state index contributed by atoms with van der Waals surface area (Å²) in [5.74, 6) is 0.663. The van der Waals surface area contributed by atoms with Gasteiger partial charge in [0.2, 0.25) is 0 Å². The molecule has 0 unspecified atom stereocenters. The van der Waals surface area contributed by atoms with E-state index in [1.54, 1.807) is 18.5 Å². The van der Waals surface area contributed by atoms with Gasteiger partial charge in [0.25, 0.3) is 10.0 Å². The molecule has 1 aromatic rings. The van der Waals surface area contributed by atoms with Crippen molar-refractivity contribution in [3.8, 4) is 0 Å². The van der Waals surface area contributed by atoms with Gasteiger partial charge >= 0.3 is 0 Å². The number of aromatic nitrogens is 2. The smallest absolute Gasteiger partial charge is 0.260 e. The van der Waals surface area contributed by atoms with Gasteiger partial charge in [0.05, 0.1) is 0 Å². The summed E-state index contributed by atoms with van der Waals surface area (Å²) in [6.45, 7) is 3.74. The summed E-state index contributed by atoms with van der Waals surface area (Å²) in [6.07, 6.45) is 2.95. The Kier molecular flexibility index (Phi) is 4.19. The van der Waals surface area contributed by atoms with E-state index in [1.165, 1.54) is 6.20 Å². The Morgan fingerprint density at radius 2 is 2.00 bits per heavy atom. The molecular weight excluding hydrogens is 278 g/mol. The molecule has 0 radical (unpaired) electrons. The van der Waals surface area contributed by atoms with Gasteiger partial charge in [-0.25, -0.2) is 18.1 Å². The van der Waals surface area contributed by atoms with Crippen molar-refractivity contribution in [2.75, 3.05) is 26.7 Å². The van der Waals surface area contributed by atoms with Gasteiger partial charge < -0.3 is 15.2 Å². The third kappa shape index (κ3) is 3.03. The highest BCUT2D eigenvalue weighted by atomic mass is 32.2. The molecular formula is C12H23N5O2S. The van der Waals surface area contributed by atoms with E-state index in [9.17, 15) is 8.42 Å². The van der Waals surface area contributed by atoms with E-state index in [0.717, 1.165) is 13.1 Å². The minimum Gasteiger partial charge on any atom is -0.337 e. The predicted octanol–water partition coefficient (Wildman–Crippen LogP) is -0.570. The van der Waals surface area contributed by atoms with Crippen molar-refractivity contribution < 1.29 is 8.42 Å². The topological polar surface area (TPSA) is 93.2 Å². The van der Waals surface area contributed by atoms with Crippen LogP contribution in [0.3, 0.4) is 0 Å². The highest BCUT2D eigenvalue weighted by Gasteiger charge is 2.37. The lowest BCUT2D eigenvalue weighted by molar-refractivity contribution is 0.182. The monoisotopic (exact) mass is 301 g/mol. The molecule has 0 aromatic carbocycles. The second-order valence-electron chi connectivity index (χ2n) is 5.63. The lowest BCUT2D eigenvalue weighted by atomic mass is 9.89. The first-order valence-electron chi connectivity index (χ1n) is 6.71. The van der Waals surface area contributed by atoms with Crippen molar-refractivity contribution in [2.24, 2.45) is 12.8 Å². The number of imidazole rings is 1. The van der Waals surface area contributed by atoms with Gasteiger partial charge in [-0.3, -0.25) is 0 Å². The van der Waals surface area contributed by atoms with E-state index in [2.05, 4.69) is 14.6 Å². The Hall–Kier alpha value is -0.960. The third-order valence-electron chi connectivity index (χ3n) is 4.05. The molecule has 0 amide bonds. The van der Waals surface area contributed by atoms with Crippen LogP contribution in [0.25, 0.3) is 0 Å². The number of aryl methyl sites for hydroxylation is 2. The summed E-state index contributed by atoms with van der Waals surface area (Å²) in [5, 5.41) is 0.0595. The van der Waals surface area contributed by atoms with E-state index < -0.39 is 15.6 Å². The van der Waals surface area contributed by atoms with Gasteiger partial charge in [0.15, 0.2) is 5.03 Å².